The molecule has 0 spiro atoms. The number of nitriles is 1. The third kappa shape index (κ3) is 1.45. The van der Waals surface area contributed by atoms with E-state index in [2.05, 4.69) is 6.07 Å². The predicted molar refractivity (Wildman–Crippen MR) is 51.1 cm³/mol. The lowest BCUT2D eigenvalue weighted by Crippen LogP contribution is -2.10. The Morgan fingerprint density at radius 3 is 3.00 bits per heavy atom. The van der Waals surface area contributed by atoms with E-state index in [1.54, 1.807) is 7.11 Å². The Balaban J connectivity index is 2.50. The number of hydrogen-bond donors (Lipinski definition) is 0. The SMILES string of the molecule is COc1cc2c(cc1C#N)CCOC2. The molecular formula is C11H11NO2. The van der Waals surface area contributed by atoms with Gasteiger partial charge in [-0.3, -0.25) is 0 Å². The Kier molecular flexibility index (Phi) is 2.38. The Morgan fingerprint density at radius 1 is 1.43 bits per heavy atom. The van der Waals surface area contributed by atoms with Gasteiger partial charge in [0.2, 0.25) is 0 Å². The minimum Gasteiger partial charge on any atom is -0.495 e. The number of benzene rings is 1. The van der Waals surface area contributed by atoms with Crippen LogP contribution in [0.2, 0.25) is 0 Å². The van der Waals surface area contributed by atoms with E-state index in [4.69, 9.17) is 14.7 Å². The molecule has 1 heterocycles. The van der Waals surface area contributed by atoms with Crippen LogP contribution in [0.25, 0.3) is 0 Å². The largest absolute Gasteiger partial charge is 0.495 e. The van der Waals surface area contributed by atoms with Gasteiger partial charge in [0.25, 0.3) is 0 Å². The summed E-state index contributed by atoms with van der Waals surface area (Å²) in [4.78, 5) is 0. The summed E-state index contributed by atoms with van der Waals surface area (Å²) < 4.78 is 10.5. The summed E-state index contributed by atoms with van der Waals surface area (Å²) in [6, 6.07) is 5.93. The molecule has 0 radical (unpaired) electrons. The highest BCUT2D eigenvalue weighted by atomic mass is 16.5. The second-order valence-corrected chi connectivity index (χ2v) is 3.24. The molecule has 1 aromatic rings. The van der Waals surface area contributed by atoms with Crippen LogP contribution in [0.5, 0.6) is 5.75 Å². The van der Waals surface area contributed by atoms with Gasteiger partial charge in [-0.25, -0.2) is 0 Å². The van der Waals surface area contributed by atoms with Gasteiger partial charge in [-0.15, -0.1) is 0 Å². The lowest BCUT2D eigenvalue weighted by molar-refractivity contribution is 0.110. The average Bonchev–Trinajstić information content (AvgIpc) is 2.27. The molecule has 3 nitrogen and oxygen atoms in total. The summed E-state index contributed by atoms with van der Waals surface area (Å²) in [6.45, 7) is 1.36. The van der Waals surface area contributed by atoms with Crippen LogP contribution in [-0.4, -0.2) is 13.7 Å². The molecule has 1 aliphatic heterocycles. The molecule has 14 heavy (non-hydrogen) atoms. The van der Waals surface area contributed by atoms with E-state index >= 15 is 0 Å². The standard InChI is InChI=1S/C11H11NO2/c1-13-11-5-10-7-14-3-2-8(10)4-9(11)6-12/h4-5H,2-3,7H2,1H3. The van der Waals surface area contributed by atoms with Crippen molar-refractivity contribution in [1.82, 2.24) is 0 Å². The van der Waals surface area contributed by atoms with Gasteiger partial charge >= 0.3 is 0 Å². The second kappa shape index (κ2) is 3.69. The summed E-state index contributed by atoms with van der Waals surface area (Å²) >= 11 is 0. The number of fused-ring (bicyclic) bond motifs is 1. The smallest absolute Gasteiger partial charge is 0.136 e. The first kappa shape index (κ1) is 9.04. The number of hydrogen-bond acceptors (Lipinski definition) is 3. The normalized spacial score (nSPS) is 14.3. The monoisotopic (exact) mass is 189 g/mol. The van der Waals surface area contributed by atoms with Gasteiger partial charge in [-0.2, -0.15) is 5.26 Å². The molecule has 1 aliphatic rings. The van der Waals surface area contributed by atoms with E-state index in [-0.39, 0.29) is 0 Å². The molecule has 0 aliphatic carbocycles. The molecule has 0 N–H and O–H groups in total. The zero-order chi connectivity index (χ0) is 9.97. The van der Waals surface area contributed by atoms with Gasteiger partial charge in [-0.05, 0) is 29.7 Å². The van der Waals surface area contributed by atoms with Crippen molar-refractivity contribution in [2.24, 2.45) is 0 Å². The van der Waals surface area contributed by atoms with Crippen molar-refractivity contribution >= 4 is 0 Å². The number of nitrogens with zero attached hydrogens (tertiary/aromatic N) is 1. The van der Waals surface area contributed by atoms with E-state index in [1.807, 2.05) is 12.1 Å². The van der Waals surface area contributed by atoms with Crippen molar-refractivity contribution in [3.8, 4) is 11.8 Å². The maximum Gasteiger partial charge on any atom is 0.136 e. The van der Waals surface area contributed by atoms with Crippen molar-refractivity contribution in [3.05, 3.63) is 28.8 Å². The fourth-order valence-electron chi connectivity index (χ4n) is 1.65. The Bertz CT molecular complexity index is 393. The highest BCUT2D eigenvalue weighted by Gasteiger charge is 2.13. The Labute approximate surface area is 82.9 Å². The van der Waals surface area contributed by atoms with Crippen LogP contribution in [0, 0.1) is 11.3 Å². The summed E-state index contributed by atoms with van der Waals surface area (Å²) in [5, 5.41) is 8.89. The van der Waals surface area contributed by atoms with Gasteiger partial charge in [0, 0.05) is 0 Å². The van der Waals surface area contributed by atoms with E-state index in [0.717, 1.165) is 18.6 Å². The van der Waals surface area contributed by atoms with Crippen molar-refractivity contribution in [2.75, 3.05) is 13.7 Å². The van der Waals surface area contributed by atoms with Crippen molar-refractivity contribution in [1.29, 1.82) is 5.26 Å². The Hall–Kier alpha value is -1.53. The lowest BCUT2D eigenvalue weighted by atomic mass is 10.00. The van der Waals surface area contributed by atoms with E-state index < -0.39 is 0 Å². The average molecular weight is 189 g/mol. The molecule has 0 amide bonds. The van der Waals surface area contributed by atoms with Crippen molar-refractivity contribution in [2.45, 2.75) is 13.0 Å². The third-order valence-corrected chi connectivity index (χ3v) is 2.42. The zero-order valence-electron chi connectivity index (χ0n) is 8.04. The maximum atomic E-state index is 8.89. The quantitative estimate of drug-likeness (QED) is 0.674. The lowest BCUT2D eigenvalue weighted by Gasteiger charge is -2.17. The minimum atomic E-state index is 0.605. The summed E-state index contributed by atoms with van der Waals surface area (Å²) in [7, 11) is 1.58. The van der Waals surface area contributed by atoms with Crippen LogP contribution in [0.3, 0.4) is 0 Å². The molecular weight excluding hydrogens is 178 g/mol. The van der Waals surface area contributed by atoms with Gasteiger partial charge < -0.3 is 9.47 Å². The fraction of sp³-hybridized carbons (Fsp3) is 0.364. The molecule has 2 rings (SSSR count). The van der Waals surface area contributed by atoms with E-state index in [9.17, 15) is 0 Å². The third-order valence-electron chi connectivity index (χ3n) is 2.42. The minimum absolute atomic E-state index is 0.605. The molecule has 1 aromatic carbocycles. The molecule has 72 valence electrons. The fourth-order valence-corrected chi connectivity index (χ4v) is 1.65. The Morgan fingerprint density at radius 2 is 2.29 bits per heavy atom. The van der Waals surface area contributed by atoms with Crippen LogP contribution in [0.1, 0.15) is 16.7 Å². The van der Waals surface area contributed by atoms with Crippen LogP contribution in [0.4, 0.5) is 0 Å². The first-order valence-electron chi connectivity index (χ1n) is 4.53. The molecule has 3 heteroatoms. The summed E-state index contributed by atoms with van der Waals surface area (Å²) in [5.74, 6) is 0.636. The molecule has 0 bridgehead atoms. The number of ether oxygens (including phenoxy) is 2. The predicted octanol–water partition coefficient (Wildman–Crippen LogP) is 1.64. The topological polar surface area (TPSA) is 42.2 Å². The van der Waals surface area contributed by atoms with Gasteiger partial charge in [0.15, 0.2) is 0 Å². The maximum absolute atomic E-state index is 8.89. The highest BCUT2D eigenvalue weighted by Crippen LogP contribution is 2.26. The number of methoxy groups -OCH3 is 1. The number of rotatable bonds is 1. The van der Waals surface area contributed by atoms with E-state index in [1.165, 1.54) is 5.56 Å². The van der Waals surface area contributed by atoms with Crippen molar-refractivity contribution in [3.63, 3.8) is 0 Å². The van der Waals surface area contributed by atoms with E-state index in [0.29, 0.717) is 17.9 Å². The second-order valence-electron chi connectivity index (χ2n) is 3.24. The zero-order valence-corrected chi connectivity index (χ0v) is 8.04. The molecule has 0 atom stereocenters. The van der Waals surface area contributed by atoms with Gasteiger partial charge in [0.05, 0.1) is 25.9 Å². The first-order chi connectivity index (χ1) is 6.85. The molecule has 0 saturated carbocycles. The molecule has 0 unspecified atom stereocenters. The highest BCUT2D eigenvalue weighted by molar-refractivity contribution is 5.49. The summed E-state index contributed by atoms with van der Waals surface area (Å²) in [5.41, 5.74) is 2.94. The molecule has 0 fully saturated rings. The molecule has 0 aromatic heterocycles. The van der Waals surface area contributed by atoms with Crippen LogP contribution in [0.15, 0.2) is 12.1 Å². The first-order valence-corrected chi connectivity index (χ1v) is 4.53. The van der Waals surface area contributed by atoms with Crippen molar-refractivity contribution < 1.29 is 9.47 Å². The molecule has 0 saturated heterocycles. The van der Waals surface area contributed by atoms with Gasteiger partial charge in [0.1, 0.15) is 11.8 Å². The van der Waals surface area contributed by atoms with Crippen LogP contribution < -0.4 is 4.74 Å². The van der Waals surface area contributed by atoms with Gasteiger partial charge in [-0.1, -0.05) is 0 Å². The van der Waals surface area contributed by atoms with Crippen LogP contribution >= 0.6 is 0 Å². The summed E-state index contributed by atoms with van der Waals surface area (Å²) in [6.07, 6.45) is 0.883. The van der Waals surface area contributed by atoms with Crippen LogP contribution in [-0.2, 0) is 17.8 Å².